The molecule has 250 valence electrons. The van der Waals surface area contributed by atoms with Crippen LogP contribution in [0.2, 0.25) is 0 Å². The number of rotatable bonds is 12. The van der Waals surface area contributed by atoms with Gasteiger partial charge < -0.3 is 20.1 Å². The largest absolute Gasteiger partial charge is 0.456 e. The first-order chi connectivity index (χ1) is 22.6. The summed E-state index contributed by atoms with van der Waals surface area (Å²) in [5.41, 5.74) is 1.82. The standard InChI is InChI=1S/C40H50N2O5/c1-5-6-10-28-15-17-29(18-16-28)37(44)47-40(4,32-21-25-42-26-22-32)33-12-9-11-30(27-33)36(43)34-13-7-8-14-35(34)38(45)46-39(2,3)31-19-23-41-24-20-31/h7-9,11-18,27,31-32,41-42H,5-6,10,19-26H2,1-4H3. The predicted molar refractivity (Wildman–Crippen MR) is 185 cm³/mol. The highest BCUT2D eigenvalue weighted by Crippen LogP contribution is 2.40. The Morgan fingerprint density at radius 2 is 1.32 bits per heavy atom. The van der Waals surface area contributed by atoms with Crippen molar-refractivity contribution >= 4 is 17.7 Å². The fourth-order valence-corrected chi connectivity index (χ4v) is 7.07. The highest BCUT2D eigenvalue weighted by molar-refractivity contribution is 6.14. The lowest BCUT2D eigenvalue weighted by Gasteiger charge is -2.40. The maximum Gasteiger partial charge on any atom is 0.339 e. The number of unbranched alkanes of at least 4 members (excludes halogenated alkanes) is 1. The van der Waals surface area contributed by atoms with Crippen molar-refractivity contribution in [2.24, 2.45) is 11.8 Å². The SMILES string of the molecule is CCCCc1ccc(C(=O)OC(C)(c2cccc(C(=O)c3ccccc3C(=O)OC(C)(C)C3CCNCC3)c2)C2CCNCC2)cc1. The number of hydrogen-bond acceptors (Lipinski definition) is 7. The van der Waals surface area contributed by atoms with E-state index in [1.807, 2.05) is 63.2 Å². The Labute approximate surface area is 279 Å². The lowest BCUT2D eigenvalue weighted by molar-refractivity contribution is -0.0523. The second-order valence-corrected chi connectivity index (χ2v) is 13.8. The average Bonchev–Trinajstić information content (AvgIpc) is 3.11. The number of hydrogen-bond donors (Lipinski definition) is 2. The minimum atomic E-state index is -0.965. The zero-order valence-electron chi connectivity index (χ0n) is 28.4. The van der Waals surface area contributed by atoms with Crippen LogP contribution >= 0.6 is 0 Å². The van der Waals surface area contributed by atoms with Crippen LogP contribution in [0.25, 0.3) is 0 Å². The van der Waals surface area contributed by atoms with E-state index >= 15 is 0 Å². The van der Waals surface area contributed by atoms with Crippen LogP contribution in [-0.4, -0.2) is 49.5 Å². The molecule has 0 bridgehead atoms. The van der Waals surface area contributed by atoms with Gasteiger partial charge in [0.25, 0.3) is 0 Å². The molecule has 2 heterocycles. The lowest BCUT2D eigenvalue weighted by atomic mass is 9.76. The van der Waals surface area contributed by atoms with Crippen molar-refractivity contribution in [1.82, 2.24) is 10.6 Å². The molecule has 5 rings (SSSR count). The molecule has 3 aromatic carbocycles. The van der Waals surface area contributed by atoms with Gasteiger partial charge in [-0.05, 0) is 121 Å². The zero-order chi connectivity index (χ0) is 33.4. The van der Waals surface area contributed by atoms with Crippen LogP contribution in [-0.2, 0) is 21.5 Å². The molecule has 0 radical (unpaired) electrons. The van der Waals surface area contributed by atoms with Gasteiger partial charge in [-0.2, -0.15) is 0 Å². The van der Waals surface area contributed by atoms with Crippen molar-refractivity contribution in [2.45, 2.75) is 83.8 Å². The normalized spacial score (nSPS) is 17.4. The number of nitrogens with one attached hydrogen (secondary N) is 2. The minimum absolute atomic E-state index is 0.0568. The van der Waals surface area contributed by atoms with Crippen LogP contribution in [0.5, 0.6) is 0 Å². The molecule has 0 saturated carbocycles. The van der Waals surface area contributed by atoms with Gasteiger partial charge in [0.2, 0.25) is 0 Å². The van der Waals surface area contributed by atoms with E-state index in [0.717, 1.165) is 76.7 Å². The molecule has 7 nitrogen and oxygen atoms in total. The maximum atomic E-state index is 14.1. The van der Waals surface area contributed by atoms with E-state index in [1.54, 1.807) is 30.3 Å². The summed E-state index contributed by atoms with van der Waals surface area (Å²) in [5.74, 6) is -0.860. The Hall–Kier alpha value is -3.81. The Balaban J connectivity index is 1.41. The first-order valence-electron chi connectivity index (χ1n) is 17.3. The molecule has 7 heteroatoms. The minimum Gasteiger partial charge on any atom is -0.456 e. The van der Waals surface area contributed by atoms with Crippen LogP contribution < -0.4 is 10.6 Å². The van der Waals surface area contributed by atoms with Crippen LogP contribution in [0.15, 0.2) is 72.8 Å². The molecule has 47 heavy (non-hydrogen) atoms. The molecular formula is C40H50N2O5. The van der Waals surface area contributed by atoms with Crippen molar-refractivity contribution in [1.29, 1.82) is 0 Å². The highest BCUT2D eigenvalue weighted by atomic mass is 16.6. The van der Waals surface area contributed by atoms with Gasteiger partial charge in [0, 0.05) is 23.0 Å². The molecule has 0 amide bonds. The molecule has 0 aromatic heterocycles. The van der Waals surface area contributed by atoms with E-state index in [4.69, 9.17) is 9.47 Å². The van der Waals surface area contributed by atoms with E-state index in [-0.39, 0.29) is 29.2 Å². The van der Waals surface area contributed by atoms with E-state index < -0.39 is 17.2 Å². The summed E-state index contributed by atoms with van der Waals surface area (Å²) in [6, 6.07) is 21.9. The van der Waals surface area contributed by atoms with Crippen molar-refractivity contribution in [3.8, 4) is 0 Å². The highest BCUT2D eigenvalue weighted by Gasteiger charge is 2.41. The summed E-state index contributed by atoms with van der Waals surface area (Å²) in [5, 5.41) is 6.77. The van der Waals surface area contributed by atoms with E-state index in [1.165, 1.54) is 5.56 Å². The van der Waals surface area contributed by atoms with E-state index in [2.05, 4.69) is 17.6 Å². The van der Waals surface area contributed by atoms with Crippen LogP contribution in [0.1, 0.15) is 114 Å². The molecule has 2 aliphatic heterocycles. The van der Waals surface area contributed by atoms with Gasteiger partial charge in [-0.15, -0.1) is 0 Å². The average molecular weight is 639 g/mol. The molecule has 0 spiro atoms. The monoisotopic (exact) mass is 638 g/mol. The first-order valence-corrected chi connectivity index (χ1v) is 17.3. The smallest absolute Gasteiger partial charge is 0.339 e. The van der Waals surface area contributed by atoms with Gasteiger partial charge in [0.05, 0.1) is 11.1 Å². The van der Waals surface area contributed by atoms with Crippen molar-refractivity contribution in [2.75, 3.05) is 26.2 Å². The van der Waals surface area contributed by atoms with Gasteiger partial charge in [0.15, 0.2) is 5.78 Å². The van der Waals surface area contributed by atoms with Crippen molar-refractivity contribution < 1.29 is 23.9 Å². The van der Waals surface area contributed by atoms with Crippen molar-refractivity contribution in [3.05, 3.63) is 106 Å². The number of aryl methyl sites for hydroxylation is 1. The van der Waals surface area contributed by atoms with Gasteiger partial charge in [-0.3, -0.25) is 4.79 Å². The molecular weight excluding hydrogens is 588 g/mol. The summed E-state index contributed by atoms with van der Waals surface area (Å²) >= 11 is 0. The Kier molecular flexibility index (Phi) is 11.3. The van der Waals surface area contributed by atoms with Crippen LogP contribution in [0.4, 0.5) is 0 Å². The fraction of sp³-hybridized carbons (Fsp3) is 0.475. The van der Waals surface area contributed by atoms with Gasteiger partial charge in [-0.1, -0.05) is 61.9 Å². The second-order valence-electron chi connectivity index (χ2n) is 13.8. The molecule has 2 saturated heterocycles. The summed E-state index contributed by atoms with van der Waals surface area (Å²) < 4.78 is 12.5. The Morgan fingerprint density at radius 1 is 0.702 bits per heavy atom. The molecule has 1 atom stereocenters. The van der Waals surface area contributed by atoms with Crippen LogP contribution in [0, 0.1) is 11.8 Å². The molecule has 1 unspecified atom stereocenters. The van der Waals surface area contributed by atoms with Gasteiger partial charge in [0.1, 0.15) is 11.2 Å². The number of ether oxygens (including phenoxy) is 2. The summed E-state index contributed by atoms with van der Waals surface area (Å²) in [4.78, 5) is 41.3. The third kappa shape index (κ3) is 8.20. The number of carbonyl (C=O) groups is 3. The number of ketones is 1. The summed E-state index contributed by atoms with van der Waals surface area (Å²) in [7, 11) is 0. The van der Waals surface area contributed by atoms with E-state index in [9.17, 15) is 14.4 Å². The number of benzene rings is 3. The fourth-order valence-electron chi connectivity index (χ4n) is 7.07. The quantitative estimate of drug-likeness (QED) is 0.159. The number of esters is 2. The zero-order valence-corrected chi connectivity index (χ0v) is 28.4. The molecule has 2 aliphatic rings. The van der Waals surface area contributed by atoms with Crippen molar-refractivity contribution in [3.63, 3.8) is 0 Å². The van der Waals surface area contributed by atoms with Crippen LogP contribution in [0.3, 0.4) is 0 Å². The number of carbonyl (C=O) groups excluding carboxylic acids is 3. The number of piperidine rings is 2. The molecule has 2 fully saturated rings. The third-order valence-corrected chi connectivity index (χ3v) is 10.2. The first kappa shape index (κ1) is 34.5. The topological polar surface area (TPSA) is 93.7 Å². The molecule has 3 aromatic rings. The second kappa shape index (κ2) is 15.4. The Bertz CT molecular complexity index is 1540. The summed E-state index contributed by atoms with van der Waals surface area (Å²) in [6.45, 7) is 11.5. The van der Waals surface area contributed by atoms with Gasteiger partial charge >= 0.3 is 11.9 Å². The molecule has 2 N–H and O–H groups in total. The van der Waals surface area contributed by atoms with Gasteiger partial charge in [-0.25, -0.2) is 9.59 Å². The van der Waals surface area contributed by atoms with E-state index in [0.29, 0.717) is 16.7 Å². The molecule has 0 aliphatic carbocycles. The third-order valence-electron chi connectivity index (χ3n) is 10.2. The maximum absolute atomic E-state index is 14.1. The predicted octanol–water partition coefficient (Wildman–Crippen LogP) is 7.27. The lowest BCUT2D eigenvalue weighted by Crippen LogP contribution is -2.43. The Morgan fingerprint density at radius 3 is 1.96 bits per heavy atom. The summed E-state index contributed by atoms with van der Waals surface area (Å²) in [6.07, 6.45) is 6.73.